The fourth-order valence-electron chi connectivity index (χ4n) is 9.55. The number of H-pyrrole nitrogens is 1. The van der Waals surface area contributed by atoms with Crippen LogP contribution in [0.5, 0.6) is 0 Å². The number of benzene rings is 9. The van der Waals surface area contributed by atoms with Crippen LogP contribution in [0.2, 0.25) is 0 Å². The van der Waals surface area contributed by atoms with Crippen molar-refractivity contribution in [3.8, 4) is 39.1 Å². The normalized spacial score (nSPS) is 12.1. The first kappa shape index (κ1) is 32.6. The average molecular weight is 740 g/mol. The smallest absolute Gasteiger partial charge is 0.0619 e. The van der Waals surface area contributed by atoms with Crippen LogP contribution in [-0.4, -0.2) is 9.55 Å². The Morgan fingerprint density at radius 2 is 1.09 bits per heavy atom. The van der Waals surface area contributed by atoms with Crippen LogP contribution in [-0.2, 0) is 6.42 Å². The SMILES string of the molecule is c1ccc(-c2ccc(N(c3ccc(-c4cccc5c6ccccc6n(-c6ccccc6)c45)cc3)c3ccc4c(c3)-c3ccccc3C4)c3c2[nH]c2ccccc23)cc1. The summed E-state index contributed by atoms with van der Waals surface area (Å²) in [4.78, 5) is 6.31. The summed E-state index contributed by atoms with van der Waals surface area (Å²) in [6, 6.07) is 75.3. The first-order valence-corrected chi connectivity index (χ1v) is 20.1. The third-order valence-electron chi connectivity index (χ3n) is 12.2. The third-order valence-corrected chi connectivity index (χ3v) is 12.2. The predicted octanol–water partition coefficient (Wildman–Crippen LogP) is 14.8. The van der Waals surface area contributed by atoms with Crippen molar-refractivity contribution in [2.75, 3.05) is 4.90 Å². The van der Waals surface area contributed by atoms with Crippen LogP contribution < -0.4 is 4.90 Å². The summed E-state index contributed by atoms with van der Waals surface area (Å²) < 4.78 is 2.42. The fourth-order valence-corrected chi connectivity index (χ4v) is 9.55. The predicted molar refractivity (Wildman–Crippen MR) is 244 cm³/mol. The topological polar surface area (TPSA) is 24.0 Å². The van der Waals surface area contributed by atoms with Gasteiger partial charge in [-0.05, 0) is 94.4 Å². The highest BCUT2D eigenvalue weighted by molar-refractivity contribution is 6.19. The van der Waals surface area contributed by atoms with E-state index in [1.54, 1.807) is 0 Å². The molecule has 0 aliphatic heterocycles. The summed E-state index contributed by atoms with van der Waals surface area (Å²) in [5.41, 5.74) is 19.4. The van der Waals surface area contributed by atoms with Gasteiger partial charge in [-0.3, -0.25) is 0 Å². The first-order chi connectivity index (χ1) is 28.8. The summed E-state index contributed by atoms with van der Waals surface area (Å²) in [6.45, 7) is 0. The van der Waals surface area contributed by atoms with E-state index in [1.165, 1.54) is 77.1 Å². The van der Waals surface area contributed by atoms with Gasteiger partial charge in [0.25, 0.3) is 0 Å². The lowest BCUT2D eigenvalue weighted by molar-refractivity contribution is 1.18. The standard InChI is InChI=1S/C55H37N3/c1-3-14-36(15-4-1)44-32-33-52(53-48-21-9-11-24-50(48)56-54(44)53)57(42-31-28-39-34-38-16-7-8-19-43(38)49(39)35-42)41-29-26-37(27-30-41)45-22-13-23-47-46-20-10-12-25-51(46)58(55(45)47)40-17-5-2-6-18-40/h1-33,35,56H,34H2. The van der Waals surface area contributed by atoms with Gasteiger partial charge in [0.2, 0.25) is 0 Å². The van der Waals surface area contributed by atoms with E-state index in [4.69, 9.17) is 0 Å². The number of nitrogens with zero attached hydrogens (tertiary/aromatic N) is 2. The molecular weight excluding hydrogens is 703 g/mol. The van der Waals surface area contributed by atoms with Crippen molar-refractivity contribution in [2.45, 2.75) is 6.42 Å². The lowest BCUT2D eigenvalue weighted by atomic mass is 9.98. The molecule has 12 rings (SSSR count). The minimum atomic E-state index is 0.963. The Labute approximate surface area is 336 Å². The van der Waals surface area contributed by atoms with E-state index in [9.17, 15) is 0 Å². The van der Waals surface area contributed by atoms with Gasteiger partial charge in [-0.15, -0.1) is 0 Å². The molecular formula is C55H37N3. The number of aromatic amines is 1. The molecule has 3 nitrogen and oxygen atoms in total. The zero-order chi connectivity index (χ0) is 38.2. The zero-order valence-electron chi connectivity index (χ0n) is 31.7. The second-order valence-corrected chi connectivity index (χ2v) is 15.4. The van der Waals surface area contributed by atoms with Crippen LogP contribution in [0.4, 0.5) is 17.1 Å². The van der Waals surface area contributed by atoms with Gasteiger partial charge < -0.3 is 14.5 Å². The van der Waals surface area contributed by atoms with Crippen molar-refractivity contribution in [3.05, 3.63) is 217 Å². The monoisotopic (exact) mass is 739 g/mol. The van der Waals surface area contributed by atoms with Gasteiger partial charge in [0, 0.05) is 55.3 Å². The highest BCUT2D eigenvalue weighted by Crippen LogP contribution is 2.48. The van der Waals surface area contributed by atoms with Crippen molar-refractivity contribution in [3.63, 3.8) is 0 Å². The van der Waals surface area contributed by atoms with Crippen LogP contribution in [0.1, 0.15) is 11.1 Å². The van der Waals surface area contributed by atoms with Gasteiger partial charge in [-0.25, -0.2) is 0 Å². The van der Waals surface area contributed by atoms with E-state index >= 15 is 0 Å². The second-order valence-electron chi connectivity index (χ2n) is 15.4. The minimum absolute atomic E-state index is 0.963. The molecule has 1 aliphatic carbocycles. The van der Waals surface area contributed by atoms with Crippen molar-refractivity contribution >= 4 is 60.7 Å². The maximum absolute atomic E-state index is 3.85. The maximum atomic E-state index is 3.85. The Hall–Kier alpha value is -7.62. The Balaban J connectivity index is 1.08. The van der Waals surface area contributed by atoms with Crippen molar-refractivity contribution in [2.24, 2.45) is 0 Å². The lowest BCUT2D eigenvalue weighted by Gasteiger charge is -2.28. The zero-order valence-corrected chi connectivity index (χ0v) is 31.7. The lowest BCUT2D eigenvalue weighted by Crippen LogP contribution is -2.11. The highest BCUT2D eigenvalue weighted by Gasteiger charge is 2.24. The summed E-state index contributed by atoms with van der Waals surface area (Å²) in [5, 5.41) is 4.92. The van der Waals surface area contributed by atoms with Crippen LogP contribution >= 0.6 is 0 Å². The van der Waals surface area contributed by atoms with Gasteiger partial charge >= 0.3 is 0 Å². The molecule has 0 spiro atoms. The number of hydrogen-bond donors (Lipinski definition) is 1. The Morgan fingerprint density at radius 3 is 1.95 bits per heavy atom. The van der Waals surface area contributed by atoms with E-state index in [2.05, 4.69) is 221 Å². The molecule has 0 saturated heterocycles. The molecule has 272 valence electrons. The van der Waals surface area contributed by atoms with E-state index in [-0.39, 0.29) is 0 Å². The Kier molecular flexibility index (Phi) is 7.29. The van der Waals surface area contributed by atoms with Gasteiger partial charge in [-0.1, -0.05) is 152 Å². The van der Waals surface area contributed by atoms with E-state index in [0.29, 0.717) is 0 Å². The largest absolute Gasteiger partial charge is 0.354 e. The van der Waals surface area contributed by atoms with Gasteiger partial charge in [0.1, 0.15) is 0 Å². The number of aromatic nitrogens is 2. The molecule has 1 aliphatic rings. The molecule has 9 aromatic carbocycles. The molecule has 0 atom stereocenters. The number of anilines is 3. The minimum Gasteiger partial charge on any atom is -0.354 e. The van der Waals surface area contributed by atoms with Crippen LogP contribution in [0, 0.1) is 0 Å². The van der Waals surface area contributed by atoms with Crippen molar-refractivity contribution in [1.29, 1.82) is 0 Å². The van der Waals surface area contributed by atoms with Gasteiger partial charge in [-0.2, -0.15) is 0 Å². The molecule has 0 radical (unpaired) electrons. The highest BCUT2D eigenvalue weighted by atomic mass is 15.1. The van der Waals surface area contributed by atoms with Gasteiger partial charge in [0.05, 0.1) is 22.2 Å². The molecule has 0 bridgehead atoms. The Bertz CT molecular complexity index is 3350. The number of para-hydroxylation sites is 4. The molecule has 2 aromatic heterocycles. The van der Waals surface area contributed by atoms with E-state index < -0.39 is 0 Å². The maximum Gasteiger partial charge on any atom is 0.0619 e. The molecule has 0 saturated carbocycles. The molecule has 0 unspecified atom stereocenters. The molecule has 0 amide bonds. The van der Waals surface area contributed by atoms with Crippen molar-refractivity contribution in [1.82, 2.24) is 9.55 Å². The number of nitrogens with one attached hydrogen (secondary N) is 1. The van der Waals surface area contributed by atoms with E-state index in [0.717, 1.165) is 40.2 Å². The van der Waals surface area contributed by atoms with Crippen LogP contribution in [0.15, 0.2) is 206 Å². The second kappa shape index (κ2) is 13.0. The average Bonchev–Trinajstić information content (AvgIpc) is 3.97. The fraction of sp³-hybridized carbons (Fsp3) is 0.0182. The quantitative estimate of drug-likeness (QED) is 0.180. The molecule has 2 heterocycles. The molecule has 3 heteroatoms. The molecule has 0 fully saturated rings. The van der Waals surface area contributed by atoms with Gasteiger partial charge in [0.15, 0.2) is 0 Å². The molecule has 11 aromatic rings. The third kappa shape index (κ3) is 5.00. The number of fused-ring (bicyclic) bond motifs is 9. The summed E-state index contributed by atoms with van der Waals surface area (Å²) in [5.74, 6) is 0. The first-order valence-electron chi connectivity index (χ1n) is 20.1. The summed E-state index contributed by atoms with van der Waals surface area (Å²) in [7, 11) is 0. The number of rotatable bonds is 6. The van der Waals surface area contributed by atoms with E-state index in [1.807, 2.05) is 0 Å². The van der Waals surface area contributed by atoms with Crippen molar-refractivity contribution < 1.29 is 0 Å². The molecule has 58 heavy (non-hydrogen) atoms. The molecule has 1 N–H and O–H groups in total. The summed E-state index contributed by atoms with van der Waals surface area (Å²) >= 11 is 0. The van der Waals surface area contributed by atoms with Crippen LogP contribution in [0.3, 0.4) is 0 Å². The van der Waals surface area contributed by atoms with Crippen LogP contribution in [0.25, 0.3) is 82.7 Å². The summed E-state index contributed by atoms with van der Waals surface area (Å²) in [6.07, 6.45) is 0.963. The Morgan fingerprint density at radius 1 is 0.431 bits per heavy atom. The number of hydrogen-bond acceptors (Lipinski definition) is 1.